The molecule has 1 N–H and O–H groups in total. The molecule has 2 aromatic heterocycles. The summed E-state index contributed by atoms with van der Waals surface area (Å²) in [5.41, 5.74) is 2.71. The summed E-state index contributed by atoms with van der Waals surface area (Å²) in [4.78, 5) is 12.6. The molecule has 0 radical (unpaired) electrons. The summed E-state index contributed by atoms with van der Waals surface area (Å²) >= 11 is 0. The monoisotopic (exact) mass is 308 g/mol. The van der Waals surface area contributed by atoms with E-state index in [0.717, 1.165) is 23.1 Å². The minimum atomic E-state index is -0.267. The summed E-state index contributed by atoms with van der Waals surface area (Å²) in [6, 6.07) is 6.50. The van der Waals surface area contributed by atoms with Crippen molar-refractivity contribution in [3.63, 3.8) is 0 Å². The number of benzene rings is 1. The van der Waals surface area contributed by atoms with E-state index in [1.165, 1.54) is 12.1 Å². The van der Waals surface area contributed by atoms with E-state index < -0.39 is 0 Å². The van der Waals surface area contributed by atoms with Crippen LogP contribution in [0.3, 0.4) is 0 Å². The van der Waals surface area contributed by atoms with Crippen LogP contribution in [0.25, 0.3) is 11.1 Å². The molecule has 0 spiro atoms. The highest BCUT2D eigenvalue weighted by molar-refractivity contribution is 5.75. The van der Waals surface area contributed by atoms with Crippen LogP contribution in [0, 0.1) is 5.82 Å². The summed E-state index contributed by atoms with van der Waals surface area (Å²) in [5, 5.41) is 3.11. The topological polar surface area (TPSA) is 59.9 Å². The quantitative estimate of drug-likeness (QED) is 0.804. The lowest BCUT2D eigenvalue weighted by molar-refractivity contribution is 0.357. The molecule has 0 aliphatic carbocycles. The maximum Gasteiger partial charge on any atom is 0.174 e. The zero-order valence-corrected chi connectivity index (χ0v) is 12.2. The maximum absolute atomic E-state index is 13.5. The van der Waals surface area contributed by atoms with Gasteiger partial charge in [0.15, 0.2) is 11.6 Å². The zero-order valence-electron chi connectivity index (χ0n) is 12.2. The van der Waals surface area contributed by atoms with Crippen LogP contribution in [0.4, 0.5) is 16.0 Å². The maximum atomic E-state index is 13.5. The van der Waals surface area contributed by atoms with Crippen LogP contribution in [-0.4, -0.2) is 21.6 Å². The highest BCUT2D eigenvalue weighted by atomic mass is 19.1. The van der Waals surface area contributed by atoms with Crippen molar-refractivity contribution < 1.29 is 9.13 Å². The highest BCUT2D eigenvalue weighted by Crippen LogP contribution is 2.39. The van der Waals surface area contributed by atoms with Crippen molar-refractivity contribution >= 4 is 11.6 Å². The summed E-state index contributed by atoms with van der Waals surface area (Å²) in [7, 11) is 0. The van der Waals surface area contributed by atoms with E-state index in [4.69, 9.17) is 4.74 Å². The first-order valence-electron chi connectivity index (χ1n) is 7.25. The van der Waals surface area contributed by atoms with Crippen LogP contribution in [-0.2, 0) is 6.42 Å². The largest absolute Gasteiger partial charge is 0.489 e. The zero-order chi connectivity index (χ0) is 15.6. The van der Waals surface area contributed by atoms with E-state index >= 15 is 0 Å². The Kier molecular flexibility index (Phi) is 3.34. The Morgan fingerprint density at radius 3 is 2.91 bits per heavy atom. The number of nitrogens with zero attached hydrogens (tertiary/aromatic N) is 3. The standard InChI is InChI=1S/C17H13FN4O/c18-12-3-1-2-11(8-12)14-9-21-17(16-13(14)4-7-23-16)22-15-10-19-5-6-20-15/h1-3,5-6,8-10H,4,7H2,(H,20,21,22). The minimum Gasteiger partial charge on any atom is -0.489 e. The van der Waals surface area contributed by atoms with Crippen LogP contribution in [0.15, 0.2) is 49.1 Å². The van der Waals surface area contributed by atoms with Gasteiger partial charge in [0.1, 0.15) is 11.6 Å². The summed E-state index contributed by atoms with van der Waals surface area (Å²) in [6.07, 6.45) is 7.32. The second kappa shape index (κ2) is 5.64. The fourth-order valence-electron chi connectivity index (χ4n) is 2.67. The second-order valence-corrected chi connectivity index (χ2v) is 5.15. The Bertz CT molecular complexity index is 854. The minimum absolute atomic E-state index is 0.267. The lowest BCUT2D eigenvalue weighted by atomic mass is 10.00. The Morgan fingerprint density at radius 1 is 1.13 bits per heavy atom. The van der Waals surface area contributed by atoms with Crippen LogP contribution in [0.2, 0.25) is 0 Å². The van der Waals surface area contributed by atoms with E-state index in [2.05, 4.69) is 20.3 Å². The predicted octanol–water partition coefficient (Wildman–Crippen LogP) is 3.36. The van der Waals surface area contributed by atoms with E-state index in [9.17, 15) is 4.39 Å². The molecule has 4 rings (SSSR count). The van der Waals surface area contributed by atoms with Crippen molar-refractivity contribution in [2.45, 2.75) is 6.42 Å². The average molecular weight is 308 g/mol. The molecule has 0 bridgehead atoms. The third-order valence-corrected chi connectivity index (χ3v) is 3.68. The lowest BCUT2D eigenvalue weighted by Crippen LogP contribution is -2.00. The number of pyridine rings is 1. The molecule has 3 heterocycles. The fourth-order valence-corrected chi connectivity index (χ4v) is 2.67. The Labute approximate surface area is 132 Å². The molecule has 6 heteroatoms. The molecular formula is C17H13FN4O. The van der Waals surface area contributed by atoms with Crippen LogP contribution >= 0.6 is 0 Å². The number of fused-ring (bicyclic) bond motifs is 1. The van der Waals surface area contributed by atoms with Gasteiger partial charge < -0.3 is 10.1 Å². The van der Waals surface area contributed by atoms with Gasteiger partial charge in [0.2, 0.25) is 0 Å². The number of hydrogen-bond donors (Lipinski definition) is 1. The molecule has 3 aromatic rings. The number of nitrogens with one attached hydrogen (secondary N) is 1. The number of aromatic nitrogens is 3. The van der Waals surface area contributed by atoms with Crippen molar-refractivity contribution in [2.24, 2.45) is 0 Å². The Balaban J connectivity index is 1.76. The second-order valence-electron chi connectivity index (χ2n) is 5.15. The lowest BCUT2D eigenvalue weighted by Gasteiger charge is -2.12. The smallest absolute Gasteiger partial charge is 0.174 e. The van der Waals surface area contributed by atoms with Gasteiger partial charge in [-0.3, -0.25) is 4.98 Å². The third-order valence-electron chi connectivity index (χ3n) is 3.68. The Hall–Kier alpha value is -3.02. The summed E-state index contributed by atoms with van der Waals surface area (Å²) in [6.45, 7) is 0.582. The van der Waals surface area contributed by atoms with Crippen molar-refractivity contribution in [3.05, 3.63) is 60.4 Å². The van der Waals surface area contributed by atoms with Crippen molar-refractivity contribution in [1.29, 1.82) is 0 Å². The van der Waals surface area contributed by atoms with E-state index in [1.54, 1.807) is 30.9 Å². The van der Waals surface area contributed by atoms with Gasteiger partial charge in [0.05, 0.1) is 12.8 Å². The van der Waals surface area contributed by atoms with Gasteiger partial charge in [0, 0.05) is 36.1 Å². The first-order valence-corrected chi connectivity index (χ1v) is 7.25. The molecule has 0 saturated carbocycles. The molecule has 23 heavy (non-hydrogen) atoms. The first-order chi connectivity index (χ1) is 11.3. The molecule has 0 amide bonds. The summed E-state index contributed by atoms with van der Waals surface area (Å²) < 4.78 is 19.2. The average Bonchev–Trinajstić information content (AvgIpc) is 3.06. The molecular weight excluding hydrogens is 295 g/mol. The van der Waals surface area contributed by atoms with Crippen LogP contribution < -0.4 is 10.1 Å². The van der Waals surface area contributed by atoms with Gasteiger partial charge in [-0.25, -0.2) is 14.4 Å². The van der Waals surface area contributed by atoms with Crippen molar-refractivity contribution in [2.75, 3.05) is 11.9 Å². The molecule has 0 unspecified atom stereocenters. The number of rotatable bonds is 3. The van der Waals surface area contributed by atoms with E-state index in [1.807, 2.05) is 6.07 Å². The normalized spacial score (nSPS) is 12.6. The molecule has 0 fully saturated rings. The van der Waals surface area contributed by atoms with Gasteiger partial charge in [-0.05, 0) is 17.7 Å². The van der Waals surface area contributed by atoms with Gasteiger partial charge in [-0.1, -0.05) is 12.1 Å². The fraction of sp³-hybridized carbons (Fsp3) is 0.118. The van der Waals surface area contributed by atoms with Crippen molar-refractivity contribution in [1.82, 2.24) is 15.0 Å². The molecule has 1 aliphatic rings. The SMILES string of the molecule is Fc1cccc(-c2cnc(Nc3cnccn3)c3c2CCO3)c1. The molecule has 0 saturated heterocycles. The van der Waals surface area contributed by atoms with E-state index in [0.29, 0.717) is 24.0 Å². The number of ether oxygens (including phenoxy) is 1. The molecule has 1 aliphatic heterocycles. The summed E-state index contributed by atoms with van der Waals surface area (Å²) in [5.74, 6) is 1.61. The third kappa shape index (κ3) is 2.59. The van der Waals surface area contributed by atoms with Gasteiger partial charge >= 0.3 is 0 Å². The Morgan fingerprint density at radius 2 is 2.09 bits per heavy atom. The molecule has 1 aromatic carbocycles. The van der Waals surface area contributed by atoms with Crippen LogP contribution in [0.1, 0.15) is 5.56 Å². The van der Waals surface area contributed by atoms with Crippen LogP contribution in [0.5, 0.6) is 5.75 Å². The van der Waals surface area contributed by atoms with Crippen molar-refractivity contribution in [3.8, 4) is 16.9 Å². The van der Waals surface area contributed by atoms with Gasteiger partial charge in [-0.15, -0.1) is 0 Å². The first kappa shape index (κ1) is 13.6. The predicted molar refractivity (Wildman–Crippen MR) is 84.1 cm³/mol. The van der Waals surface area contributed by atoms with Gasteiger partial charge in [-0.2, -0.15) is 0 Å². The number of anilines is 2. The van der Waals surface area contributed by atoms with E-state index in [-0.39, 0.29) is 5.82 Å². The number of halogens is 1. The highest BCUT2D eigenvalue weighted by Gasteiger charge is 2.22. The molecule has 114 valence electrons. The molecule has 5 nitrogen and oxygen atoms in total. The molecule has 0 atom stereocenters. The number of hydrogen-bond acceptors (Lipinski definition) is 5. The van der Waals surface area contributed by atoms with Gasteiger partial charge in [0.25, 0.3) is 0 Å².